The number of benzene rings is 1. The van der Waals surface area contributed by atoms with Crippen LogP contribution in [0.3, 0.4) is 0 Å². The molecular weight excluding hydrogens is 256 g/mol. The summed E-state index contributed by atoms with van der Waals surface area (Å²) < 4.78 is 12.8. The Morgan fingerprint density at radius 3 is 2.90 bits per heavy atom. The van der Waals surface area contributed by atoms with Gasteiger partial charge in [-0.05, 0) is 13.0 Å². The van der Waals surface area contributed by atoms with Crippen LogP contribution in [0.2, 0.25) is 0 Å². The van der Waals surface area contributed by atoms with E-state index in [1.54, 1.807) is 0 Å². The molecule has 0 atom stereocenters. The van der Waals surface area contributed by atoms with E-state index in [1.807, 2.05) is 41.8 Å². The molecule has 0 aliphatic carbocycles. The van der Waals surface area contributed by atoms with Gasteiger partial charge in [0.1, 0.15) is 12.4 Å². The van der Waals surface area contributed by atoms with E-state index in [-0.39, 0.29) is 0 Å². The predicted molar refractivity (Wildman–Crippen MR) is 70.1 cm³/mol. The van der Waals surface area contributed by atoms with Gasteiger partial charge in [-0.25, -0.2) is 0 Å². The molecule has 0 amide bonds. The number of nitrogens with zero attached hydrogens (tertiary/aromatic N) is 4. The molecule has 0 fully saturated rings. The van der Waals surface area contributed by atoms with Gasteiger partial charge in [0.2, 0.25) is 0 Å². The molecule has 6 heteroatoms. The highest BCUT2D eigenvalue weighted by molar-refractivity contribution is 5.56. The molecule has 0 saturated carbocycles. The molecule has 0 radical (unpaired) electrons. The fraction of sp³-hybridized carbons (Fsp3) is 0.214. The fourth-order valence-electron chi connectivity index (χ4n) is 2.40. The molecular formula is C14H12N4O2. The van der Waals surface area contributed by atoms with E-state index in [0.717, 1.165) is 22.8 Å². The second-order valence-corrected chi connectivity index (χ2v) is 4.72. The Hall–Kier alpha value is -2.47. The quantitative estimate of drug-likeness (QED) is 0.677. The average Bonchev–Trinajstić information content (AvgIpc) is 3.01. The summed E-state index contributed by atoms with van der Waals surface area (Å²) in [6, 6.07) is 9.92. The molecule has 1 aliphatic heterocycles. The number of ether oxygens (including phenoxy) is 1. The zero-order chi connectivity index (χ0) is 13.5. The highest BCUT2D eigenvalue weighted by atomic mass is 16.5. The second kappa shape index (κ2) is 4.28. The zero-order valence-electron chi connectivity index (χ0n) is 10.9. The highest BCUT2D eigenvalue weighted by Gasteiger charge is 2.22. The molecule has 0 unspecified atom stereocenters. The molecule has 0 N–H and O–H groups in total. The van der Waals surface area contributed by atoms with Gasteiger partial charge in [0.15, 0.2) is 17.3 Å². The lowest BCUT2D eigenvalue weighted by Crippen LogP contribution is -2.02. The van der Waals surface area contributed by atoms with Crippen molar-refractivity contribution in [3.05, 3.63) is 47.5 Å². The Balaban J connectivity index is 1.97. The first-order valence-electron chi connectivity index (χ1n) is 6.37. The van der Waals surface area contributed by atoms with Gasteiger partial charge in [-0.3, -0.25) is 4.57 Å². The fourth-order valence-corrected chi connectivity index (χ4v) is 2.40. The lowest BCUT2D eigenvalue weighted by Gasteiger charge is -2.08. The molecule has 3 aromatic rings. The maximum atomic E-state index is 5.63. The minimum atomic E-state index is 0.429. The van der Waals surface area contributed by atoms with Crippen molar-refractivity contribution in [1.82, 2.24) is 19.9 Å². The van der Waals surface area contributed by atoms with Gasteiger partial charge in [-0.2, -0.15) is 0 Å². The molecule has 4 rings (SSSR count). The highest BCUT2D eigenvalue weighted by Crippen LogP contribution is 2.27. The second-order valence-electron chi connectivity index (χ2n) is 4.72. The van der Waals surface area contributed by atoms with Crippen molar-refractivity contribution in [2.24, 2.45) is 0 Å². The third-order valence-electron chi connectivity index (χ3n) is 3.31. The lowest BCUT2D eigenvalue weighted by molar-refractivity contribution is 0.105. The van der Waals surface area contributed by atoms with E-state index >= 15 is 0 Å². The van der Waals surface area contributed by atoms with E-state index in [0.29, 0.717) is 24.7 Å². The Kier molecular flexibility index (Phi) is 2.43. The first-order valence-corrected chi connectivity index (χ1v) is 6.37. The van der Waals surface area contributed by atoms with Crippen LogP contribution in [0.4, 0.5) is 0 Å². The molecule has 1 aromatic carbocycles. The number of aromatic nitrogens is 4. The van der Waals surface area contributed by atoms with E-state index in [9.17, 15) is 0 Å². The predicted octanol–water partition coefficient (Wildman–Crippen LogP) is 2.26. The first kappa shape index (κ1) is 11.4. The summed E-state index contributed by atoms with van der Waals surface area (Å²) in [5, 5.41) is 12.5. The van der Waals surface area contributed by atoms with Gasteiger partial charge in [0.05, 0.1) is 12.3 Å². The van der Waals surface area contributed by atoms with Crippen molar-refractivity contribution in [2.75, 3.05) is 0 Å². The van der Waals surface area contributed by atoms with Gasteiger partial charge in [0, 0.05) is 11.6 Å². The largest absolute Gasteiger partial charge is 0.369 e. The standard InChI is InChI=1S/C14H12N4O2/c1-9-6-11(17-20-9)14-16-15-13-8-19-7-10-4-2-3-5-12(10)18(13)14/h2-6H,7-8H2,1H3. The summed E-state index contributed by atoms with van der Waals surface area (Å²) in [5.41, 5.74) is 2.81. The summed E-state index contributed by atoms with van der Waals surface area (Å²) in [6.45, 7) is 2.85. The van der Waals surface area contributed by atoms with Crippen molar-refractivity contribution in [2.45, 2.75) is 20.1 Å². The van der Waals surface area contributed by atoms with E-state index in [2.05, 4.69) is 15.4 Å². The molecule has 100 valence electrons. The number of hydrogen-bond donors (Lipinski definition) is 0. The Morgan fingerprint density at radius 1 is 1.15 bits per heavy atom. The molecule has 0 bridgehead atoms. The molecule has 2 aromatic heterocycles. The SMILES string of the molecule is Cc1cc(-c2nnc3n2-c2ccccc2COC3)no1. The minimum Gasteiger partial charge on any atom is -0.369 e. The number of para-hydroxylation sites is 1. The summed E-state index contributed by atoms with van der Waals surface area (Å²) in [5.74, 6) is 2.19. The van der Waals surface area contributed by atoms with Crippen LogP contribution >= 0.6 is 0 Å². The van der Waals surface area contributed by atoms with Gasteiger partial charge in [0.25, 0.3) is 0 Å². The number of hydrogen-bond acceptors (Lipinski definition) is 5. The lowest BCUT2D eigenvalue weighted by atomic mass is 10.2. The van der Waals surface area contributed by atoms with Crippen LogP contribution in [0.25, 0.3) is 17.2 Å². The van der Waals surface area contributed by atoms with Crippen LogP contribution in [-0.2, 0) is 18.0 Å². The Labute approximate surface area is 115 Å². The first-order chi connectivity index (χ1) is 9.83. The normalized spacial score (nSPS) is 13.7. The Morgan fingerprint density at radius 2 is 2.05 bits per heavy atom. The van der Waals surface area contributed by atoms with Crippen molar-refractivity contribution in [1.29, 1.82) is 0 Å². The third kappa shape index (κ3) is 1.65. The van der Waals surface area contributed by atoms with Crippen molar-refractivity contribution in [3.63, 3.8) is 0 Å². The van der Waals surface area contributed by atoms with E-state index in [4.69, 9.17) is 9.26 Å². The number of fused-ring (bicyclic) bond motifs is 3. The molecule has 6 nitrogen and oxygen atoms in total. The van der Waals surface area contributed by atoms with Gasteiger partial charge in [-0.1, -0.05) is 23.4 Å². The average molecular weight is 268 g/mol. The van der Waals surface area contributed by atoms with Crippen LogP contribution in [0, 0.1) is 6.92 Å². The smallest absolute Gasteiger partial charge is 0.190 e. The van der Waals surface area contributed by atoms with E-state index < -0.39 is 0 Å². The maximum absolute atomic E-state index is 5.63. The molecule has 0 spiro atoms. The maximum Gasteiger partial charge on any atom is 0.190 e. The summed E-state index contributed by atoms with van der Waals surface area (Å²) >= 11 is 0. The minimum absolute atomic E-state index is 0.429. The number of aryl methyl sites for hydroxylation is 1. The molecule has 1 aliphatic rings. The van der Waals surface area contributed by atoms with Crippen LogP contribution in [0.1, 0.15) is 17.1 Å². The van der Waals surface area contributed by atoms with Gasteiger partial charge in [-0.15, -0.1) is 10.2 Å². The summed E-state index contributed by atoms with van der Waals surface area (Å²) in [7, 11) is 0. The van der Waals surface area contributed by atoms with E-state index in [1.165, 1.54) is 0 Å². The number of rotatable bonds is 1. The summed E-state index contributed by atoms with van der Waals surface area (Å²) in [4.78, 5) is 0. The molecule has 20 heavy (non-hydrogen) atoms. The Bertz CT molecular complexity index is 775. The third-order valence-corrected chi connectivity index (χ3v) is 3.31. The van der Waals surface area contributed by atoms with Crippen molar-refractivity contribution >= 4 is 0 Å². The summed E-state index contributed by atoms with van der Waals surface area (Å²) in [6.07, 6.45) is 0. The van der Waals surface area contributed by atoms with Crippen LogP contribution in [0.5, 0.6) is 0 Å². The van der Waals surface area contributed by atoms with Crippen LogP contribution < -0.4 is 0 Å². The topological polar surface area (TPSA) is 66.0 Å². The molecule has 3 heterocycles. The van der Waals surface area contributed by atoms with Gasteiger partial charge < -0.3 is 9.26 Å². The van der Waals surface area contributed by atoms with Crippen LogP contribution in [0.15, 0.2) is 34.9 Å². The van der Waals surface area contributed by atoms with Gasteiger partial charge >= 0.3 is 0 Å². The molecule has 0 saturated heterocycles. The van der Waals surface area contributed by atoms with Crippen LogP contribution in [-0.4, -0.2) is 19.9 Å². The van der Waals surface area contributed by atoms with Crippen molar-refractivity contribution < 1.29 is 9.26 Å². The monoisotopic (exact) mass is 268 g/mol. The zero-order valence-corrected chi connectivity index (χ0v) is 10.9. The van der Waals surface area contributed by atoms with Crippen molar-refractivity contribution in [3.8, 4) is 17.2 Å².